The Labute approximate surface area is 76.0 Å². The molecule has 1 aromatic heterocycles. The van der Waals surface area contributed by atoms with Crippen molar-refractivity contribution in [2.75, 3.05) is 6.61 Å². The van der Waals surface area contributed by atoms with Crippen LogP contribution < -0.4 is 5.90 Å². The molecule has 1 heterocycles. The van der Waals surface area contributed by atoms with Gasteiger partial charge in [0.25, 0.3) is 5.89 Å². The zero-order valence-corrected chi connectivity index (χ0v) is 7.69. The first-order chi connectivity index (χ1) is 6.27. The Balaban J connectivity index is 2.56. The van der Waals surface area contributed by atoms with Gasteiger partial charge in [0.05, 0.1) is 0 Å². The zero-order valence-electron chi connectivity index (χ0n) is 7.69. The minimum Gasteiger partial charge on any atom is -0.371 e. The number of aromatic nitrogens is 2. The second-order valence-corrected chi connectivity index (χ2v) is 2.45. The molecule has 13 heavy (non-hydrogen) atoms. The Morgan fingerprint density at radius 2 is 2.38 bits per heavy atom. The molecule has 0 aromatic carbocycles. The van der Waals surface area contributed by atoms with Crippen molar-refractivity contribution in [1.29, 1.82) is 0 Å². The van der Waals surface area contributed by atoms with Gasteiger partial charge in [0, 0.05) is 6.61 Å². The largest absolute Gasteiger partial charge is 0.371 e. The summed E-state index contributed by atoms with van der Waals surface area (Å²) in [7, 11) is 0. The molecule has 0 fully saturated rings. The molecular formula is C7H13N3O3. The predicted molar refractivity (Wildman–Crippen MR) is 43.3 cm³/mol. The Morgan fingerprint density at radius 3 is 3.00 bits per heavy atom. The zero-order chi connectivity index (χ0) is 9.68. The summed E-state index contributed by atoms with van der Waals surface area (Å²) >= 11 is 0. The predicted octanol–water partition coefficient (Wildman–Crippen LogP) is 0.557. The fraction of sp³-hybridized carbons (Fsp3) is 0.714. The van der Waals surface area contributed by atoms with E-state index in [0.29, 0.717) is 18.3 Å². The van der Waals surface area contributed by atoms with Crippen molar-refractivity contribution in [2.24, 2.45) is 5.90 Å². The van der Waals surface area contributed by atoms with E-state index in [1.54, 1.807) is 0 Å². The third-order valence-corrected chi connectivity index (χ3v) is 1.47. The monoisotopic (exact) mass is 187 g/mol. The van der Waals surface area contributed by atoms with Gasteiger partial charge in [-0.3, -0.25) is 4.84 Å². The van der Waals surface area contributed by atoms with Crippen molar-refractivity contribution in [3.8, 4) is 0 Å². The van der Waals surface area contributed by atoms with E-state index in [-0.39, 0.29) is 12.7 Å². The first-order valence-corrected chi connectivity index (χ1v) is 4.03. The highest BCUT2D eigenvalue weighted by molar-refractivity contribution is 4.88. The SMILES string of the molecule is CCOC(C)c1noc(CON)n1. The van der Waals surface area contributed by atoms with E-state index in [9.17, 15) is 0 Å². The van der Waals surface area contributed by atoms with Crippen LogP contribution in [0.2, 0.25) is 0 Å². The molecule has 0 saturated carbocycles. The number of hydrogen-bond acceptors (Lipinski definition) is 6. The maximum Gasteiger partial charge on any atom is 0.254 e. The van der Waals surface area contributed by atoms with Gasteiger partial charge in [-0.2, -0.15) is 4.98 Å². The summed E-state index contributed by atoms with van der Waals surface area (Å²) in [6, 6.07) is 0. The summed E-state index contributed by atoms with van der Waals surface area (Å²) in [6.45, 7) is 4.48. The van der Waals surface area contributed by atoms with Crippen molar-refractivity contribution < 1.29 is 14.1 Å². The van der Waals surface area contributed by atoms with E-state index in [4.69, 9.17) is 15.2 Å². The first kappa shape index (κ1) is 10.1. The van der Waals surface area contributed by atoms with Gasteiger partial charge >= 0.3 is 0 Å². The molecule has 6 heteroatoms. The van der Waals surface area contributed by atoms with E-state index in [1.807, 2.05) is 13.8 Å². The van der Waals surface area contributed by atoms with Gasteiger partial charge in [-0.15, -0.1) is 0 Å². The lowest BCUT2D eigenvalue weighted by Gasteiger charge is -2.04. The van der Waals surface area contributed by atoms with Crippen molar-refractivity contribution in [3.63, 3.8) is 0 Å². The Bertz CT molecular complexity index is 251. The molecule has 2 N–H and O–H groups in total. The fourth-order valence-electron chi connectivity index (χ4n) is 0.888. The second-order valence-electron chi connectivity index (χ2n) is 2.45. The van der Waals surface area contributed by atoms with Crippen molar-refractivity contribution in [3.05, 3.63) is 11.7 Å². The molecule has 1 unspecified atom stereocenters. The minimum absolute atomic E-state index is 0.117. The quantitative estimate of drug-likeness (QED) is 0.678. The van der Waals surface area contributed by atoms with Crippen LogP contribution >= 0.6 is 0 Å². The first-order valence-electron chi connectivity index (χ1n) is 4.03. The second kappa shape index (κ2) is 4.90. The molecule has 0 amide bonds. The average molecular weight is 187 g/mol. The summed E-state index contributed by atoms with van der Waals surface area (Å²) in [5, 5.41) is 3.71. The summed E-state index contributed by atoms with van der Waals surface area (Å²) in [5.41, 5.74) is 0. The van der Waals surface area contributed by atoms with E-state index >= 15 is 0 Å². The highest BCUT2D eigenvalue weighted by Crippen LogP contribution is 2.12. The van der Waals surface area contributed by atoms with Gasteiger partial charge in [0.2, 0.25) is 0 Å². The standard InChI is InChI=1S/C7H13N3O3/c1-3-11-5(2)7-9-6(4-12-8)13-10-7/h5H,3-4,8H2,1-2H3. The topological polar surface area (TPSA) is 83.4 Å². The molecule has 0 aliphatic rings. The highest BCUT2D eigenvalue weighted by Gasteiger charge is 2.13. The van der Waals surface area contributed by atoms with E-state index in [1.165, 1.54) is 0 Å². The Kier molecular flexibility index (Phi) is 3.81. The summed E-state index contributed by atoms with van der Waals surface area (Å²) in [4.78, 5) is 8.35. The maximum atomic E-state index is 5.26. The number of ether oxygens (including phenoxy) is 1. The van der Waals surface area contributed by atoms with Crippen molar-refractivity contribution in [1.82, 2.24) is 10.1 Å². The summed E-state index contributed by atoms with van der Waals surface area (Å²) in [5.74, 6) is 5.70. The number of hydrogen-bond donors (Lipinski definition) is 1. The Hall–Kier alpha value is -0.980. The number of nitrogens with zero attached hydrogens (tertiary/aromatic N) is 2. The third kappa shape index (κ3) is 2.76. The third-order valence-electron chi connectivity index (χ3n) is 1.47. The van der Waals surface area contributed by atoms with Crippen LogP contribution in [0.1, 0.15) is 31.7 Å². The molecule has 1 rings (SSSR count). The molecule has 0 spiro atoms. The van der Waals surface area contributed by atoms with Gasteiger partial charge in [-0.25, -0.2) is 5.90 Å². The smallest absolute Gasteiger partial charge is 0.254 e. The van der Waals surface area contributed by atoms with Crippen molar-refractivity contribution in [2.45, 2.75) is 26.6 Å². The highest BCUT2D eigenvalue weighted by atomic mass is 16.6. The molecule has 1 atom stereocenters. The van der Waals surface area contributed by atoms with Crippen LogP contribution in [0.5, 0.6) is 0 Å². The normalized spacial score (nSPS) is 13.2. The van der Waals surface area contributed by atoms with Gasteiger partial charge in [-0.1, -0.05) is 5.16 Å². The lowest BCUT2D eigenvalue weighted by atomic mass is 10.4. The van der Waals surface area contributed by atoms with Gasteiger partial charge < -0.3 is 9.26 Å². The maximum absolute atomic E-state index is 5.26. The summed E-state index contributed by atoms with van der Waals surface area (Å²) < 4.78 is 10.1. The lowest BCUT2D eigenvalue weighted by Crippen LogP contribution is -2.02. The van der Waals surface area contributed by atoms with Gasteiger partial charge in [-0.05, 0) is 13.8 Å². The summed E-state index contributed by atoms with van der Waals surface area (Å²) in [6.07, 6.45) is -0.166. The molecule has 0 saturated heterocycles. The van der Waals surface area contributed by atoms with E-state index < -0.39 is 0 Å². The molecule has 74 valence electrons. The minimum atomic E-state index is -0.166. The lowest BCUT2D eigenvalue weighted by molar-refractivity contribution is 0.0682. The van der Waals surface area contributed by atoms with Crippen LogP contribution in [0.4, 0.5) is 0 Å². The van der Waals surface area contributed by atoms with Gasteiger partial charge in [0.1, 0.15) is 12.7 Å². The number of nitrogens with two attached hydrogens (primary N) is 1. The van der Waals surface area contributed by atoms with Gasteiger partial charge in [0.15, 0.2) is 5.82 Å². The molecular weight excluding hydrogens is 174 g/mol. The number of rotatable bonds is 5. The molecule has 0 aliphatic heterocycles. The molecule has 1 aromatic rings. The van der Waals surface area contributed by atoms with Crippen LogP contribution in [-0.2, 0) is 16.2 Å². The molecule has 0 radical (unpaired) electrons. The molecule has 6 nitrogen and oxygen atoms in total. The fourth-order valence-corrected chi connectivity index (χ4v) is 0.888. The van der Waals surface area contributed by atoms with Crippen LogP contribution in [0.25, 0.3) is 0 Å². The van der Waals surface area contributed by atoms with E-state index in [0.717, 1.165) is 0 Å². The van der Waals surface area contributed by atoms with Crippen LogP contribution in [-0.4, -0.2) is 16.7 Å². The Morgan fingerprint density at radius 1 is 1.62 bits per heavy atom. The van der Waals surface area contributed by atoms with E-state index in [2.05, 4.69) is 15.0 Å². The van der Waals surface area contributed by atoms with Crippen LogP contribution in [0, 0.1) is 0 Å². The average Bonchev–Trinajstić information content (AvgIpc) is 2.54. The van der Waals surface area contributed by atoms with Crippen LogP contribution in [0.3, 0.4) is 0 Å². The van der Waals surface area contributed by atoms with Crippen molar-refractivity contribution >= 4 is 0 Å². The molecule has 0 aliphatic carbocycles. The van der Waals surface area contributed by atoms with Crippen LogP contribution in [0.15, 0.2) is 4.52 Å². The molecule has 0 bridgehead atoms.